The summed E-state index contributed by atoms with van der Waals surface area (Å²) in [6, 6.07) is 40.6. The number of β-lactam (4-membered cyclic amide) rings is 1. The first-order chi connectivity index (χ1) is 33.5. The lowest BCUT2D eigenvalue weighted by molar-refractivity contribution is -0.153. The maximum absolute atomic E-state index is 14.2. The fraction of sp³-hybridized carbons (Fsp3) is 0.173. The molecule has 2 aliphatic rings. The summed E-state index contributed by atoms with van der Waals surface area (Å²) in [6.07, 6.45) is 3.32. The number of carbonyl (C=O) groups is 5. The van der Waals surface area contributed by atoms with Gasteiger partial charge in [-0.3, -0.25) is 24.1 Å². The molecule has 1 saturated heterocycles. The van der Waals surface area contributed by atoms with Gasteiger partial charge < -0.3 is 34.4 Å². The Bertz CT molecular complexity index is 2860. The molecule has 1 fully saturated rings. The zero-order valence-corrected chi connectivity index (χ0v) is 39.4. The van der Waals surface area contributed by atoms with Crippen LogP contribution >= 0.6 is 23.1 Å². The lowest BCUT2D eigenvalue weighted by atomic mass is 9.77. The van der Waals surface area contributed by atoms with Gasteiger partial charge in [-0.2, -0.15) is 0 Å². The molecule has 2 N–H and O–H groups in total. The first-order valence-electron chi connectivity index (χ1n) is 21.5. The number of anilines is 1. The van der Waals surface area contributed by atoms with Gasteiger partial charge >= 0.3 is 17.9 Å². The second-order valence-corrected chi connectivity index (χ2v) is 17.5. The highest BCUT2D eigenvalue weighted by Crippen LogP contribution is 2.43. The normalized spacial score (nSPS) is 15.7. The second-order valence-electron chi connectivity index (χ2n) is 15.5. The van der Waals surface area contributed by atoms with Crippen LogP contribution in [0.4, 0.5) is 5.13 Å². The molecule has 0 spiro atoms. The Morgan fingerprint density at radius 3 is 1.99 bits per heavy atom. The third kappa shape index (κ3) is 10.4. The van der Waals surface area contributed by atoms with Crippen molar-refractivity contribution in [2.24, 2.45) is 5.16 Å². The van der Waals surface area contributed by atoms with E-state index in [9.17, 15) is 24.0 Å². The molecule has 0 unspecified atom stereocenters. The van der Waals surface area contributed by atoms with Crippen LogP contribution in [-0.4, -0.2) is 76.7 Å². The highest BCUT2D eigenvalue weighted by atomic mass is 32.2. The Kier molecular flexibility index (Phi) is 14.7. The van der Waals surface area contributed by atoms with Gasteiger partial charge in [0.15, 0.2) is 22.3 Å². The molecule has 0 aliphatic carbocycles. The van der Waals surface area contributed by atoms with E-state index in [4.69, 9.17) is 28.8 Å². The minimum atomic E-state index is -1.06. The van der Waals surface area contributed by atoms with Crippen LogP contribution in [0, 0.1) is 0 Å². The fourth-order valence-corrected chi connectivity index (χ4v) is 9.95. The molecule has 3 heterocycles. The molecule has 6 aromatic rings. The Balaban J connectivity index is 1.05. The van der Waals surface area contributed by atoms with Gasteiger partial charge in [-0.1, -0.05) is 127 Å². The van der Waals surface area contributed by atoms with E-state index < -0.39 is 46.7 Å². The summed E-state index contributed by atoms with van der Waals surface area (Å²) in [5, 5.41) is 12.1. The summed E-state index contributed by atoms with van der Waals surface area (Å²) >= 11 is 2.61. The number of carbonyl (C=O) groups excluding carboxylic acids is 5. The van der Waals surface area contributed by atoms with Crippen LogP contribution in [0.3, 0.4) is 0 Å². The molecule has 69 heavy (non-hydrogen) atoms. The second kappa shape index (κ2) is 21.3. The van der Waals surface area contributed by atoms with Crippen LogP contribution < -0.4 is 24.8 Å². The summed E-state index contributed by atoms with van der Waals surface area (Å²) < 4.78 is 21.5. The number of esters is 3. The van der Waals surface area contributed by atoms with E-state index in [1.807, 2.05) is 91.0 Å². The molecule has 350 valence electrons. The highest BCUT2D eigenvalue weighted by molar-refractivity contribution is 8.00. The van der Waals surface area contributed by atoms with Crippen molar-refractivity contribution in [3.8, 4) is 17.2 Å². The number of thiazole rings is 1. The number of hydrogen-bond donors (Lipinski definition) is 2. The quantitative estimate of drug-likeness (QED) is 0.0225. The van der Waals surface area contributed by atoms with Crippen molar-refractivity contribution in [2.45, 2.75) is 37.4 Å². The number of thioether (sulfide) groups is 1. The minimum absolute atomic E-state index is 0.00418. The standard InChI is InChI=1S/C52H45N5O10S2/c1-32(58)66-42-27-23-34(28-43(42)67-33(2)59)20-24-36-30-68-49-45(48(61)57(49)46(36)50(62)65-29-35-21-25-40(63-3)26-22-35)54-47(60)44(56-64-4)41-31-69-51(53-41)55-52(37-14-8-5-9-15-37,38-16-10-6-11-17-38)39-18-12-7-13-19-39/h5-28,31,45,49H,29-30H2,1-4H3,(H,53,55)(H,54,60)/b24-20+,56-44-/t45-,49-/m1/s1. The average Bonchev–Trinajstić information content (AvgIpc) is 3.83. The van der Waals surface area contributed by atoms with Crippen molar-refractivity contribution < 1.29 is 47.8 Å². The number of ether oxygens (including phenoxy) is 4. The Morgan fingerprint density at radius 2 is 1.41 bits per heavy atom. The van der Waals surface area contributed by atoms with Gasteiger partial charge in [0.2, 0.25) is 0 Å². The summed E-state index contributed by atoms with van der Waals surface area (Å²) in [7, 11) is 2.86. The Labute approximate surface area is 405 Å². The summed E-state index contributed by atoms with van der Waals surface area (Å²) in [5.74, 6) is -2.32. The number of methoxy groups -OCH3 is 1. The van der Waals surface area contributed by atoms with Gasteiger partial charge in [0, 0.05) is 25.0 Å². The van der Waals surface area contributed by atoms with Crippen molar-refractivity contribution >= 4 is 69.7 Å². The first kappa shape index (κ1) is 47.5. The largest absolute Gasteiger partial charge is 0.497 e. The van der Waals surface area contributed by atoms with Crippen LogP contribution in [0.5, 0.6) is 17.2 Å². The third-order valence-electron chi connectivity index (χ3n) is 11.0. The first-order valence-corrected chi connectivity index (χ1v) is 23.4. The maximum Gasteiger partial charge on any atom is 0.355 e. The summed E-state index contributed by atoms with van der Waals surface area (Å²) in [6.45, 7) is 2.35. The van der Waals surface area contributed by atoms with E-state index in [0.717, 1.165) is 16.7 Å². The minimum Gasteiger partial charge on any atom is -0.497 e. The molecular weight excluding hydrogens is 919 g/mol. The Hall–Kier alpha value is -8.02. The van der Waals surface area contributed by atoms with Gasteiger partial charge in [-0.25, -0.2) is 9.78 Å². The topological polar surface area (TPSA) is 184 Å². The van der Waals surface area contributed by atoms with E-state index in [0.29, 0.717) is 27.6 Å². The number of aromatic nitrogens is 1. The predicted octanol–water partition coefficient (Wildman–Crippen LogP) is 7.87. The number of nitrogens with one attached hydrogen (secondary N) is 2. The number of allylic oxidation sites excluding steroid dienone is 1. The maximum atomic E-state index is 14.2. The van der Waals surface area contributed by atoms with E-state index in [-0.39, 0.29) is 41.0 Å². The van der Waals surface area contributed by atoms with Gasteiger partial charge in [0.05, 0.1) is 7.11 Å². The SMILES string of the molecule is CO/N=C(\C(=O)N[C@@H]1C(=O)N2C(C(=O)OCc3ccc(OC)cc3)=C(/C=C/c3ccc(OC(C)=O)c(OC(C)=O)c3)CS[C@H]12)c1csc(NC(c2ccccc2)(c2ccccc2)c2ccccc2)n1. The van der Waals surface area contributed by atoms with E-state index >= 15 is 0 Å². The number of nitrogens with zero attached hydrogens (tertiary/aromatic N) is 3. The number of benzene rings is 5. The van der Waals surface area contributed by atoms with Crippen LogP contribution in [0.1, 0.15) is 47.4 Å². The number of hydrogen-bond acceptors (Lipinski definition) is 15. The molecule has 1 aromatic heterocycles. The molecule has 17 heteroatoms. The van der Waals surface area contributed by atoms with Gasteiger partial charge in [0.25, 0.3) is 11.8 Å². The highest BCUT2D eigenvalue weighted by Gasteiger charge is 2.54. The molecule has 2 amide bonds. The third-order valence-corrected chi connectivity index (χ3v) is 13.1. The van der Waals surface area contributed by atoms with Gasteiger partial charge in [-0.15, -0.1) is 23.1 Å². The molecule has 0 saturated carbocycles. The monoisotopic (exact) mass is 963 g/mol. The average molecular weight is 964 g/mol. The van der Waals surface area contributed by atoms with Crippen molar-refractivity contribution in [2.75, 3.05) is 25.3 Å². The molecule has 15 nitrogen and oxygen atoms in total. The van der Waals surface area contributed by atoms with Crippen molar-refractivity contribution in [3.63, 3.8) is 0 Å². The molecule has 0 bridgehead atoms. The number of rotatable bonds is 17. The predicted molar refractivity (Wildman–Crippen MR) is 261 cm³/mol. The Morgan fingerprint density at radius 1 is 0.797 bits per heavy atom. The zero-order chi connectivity index (χ0) is 48.5. The number of fused-ring (bicyclic) bond motifs is 1. The number of amides is 2. The van der Waals surface area contributed by atoms with Crippen molar-refractivity contribution in [1.82, 2.24) is 15.2 Å². The van der Waals surface area contributed by atoms with Crippen LogP contribution in [0.25, 0.3) is 6.08 Å². The smallest absolute Gasteiger partial charge is 0.355 e. The molecule has 2 aliphatic heterocycles. The lowest BCUT2D eigenvalue weighted by Crippen LogP contribution is -2.71. The van der Waals surface area contributed by atoms with Gasteiger partial charge in [0.1, 0.15) is 47.8 Å². The summed E-state index contributed by atoms with van der Waals surface area (Å²) in [4.78, 5) is 77.4. The van der Waals surface area contributed by atoms with Crippen molar-refractivity contribution in [1.29, 1.82) is 0 Å². The molecule has 0 radical (unpaired) electrons. The molecule has 8 rings (SSSR count). The number of oxime groups is 1. The van der Waals surface area contributed by atoms with E-state index in [1.54, 1.807) is 55.0 Å². The van der Waals surface area contributed by atoms with Crippen LogP contribution in [0.15, 0.2) is 161 Å². The molecular formula is C52H45N5O10S2. The van der Waals surface area contributed by atoms with Gasteiger partial charge in [-0.05, 0) is 57.7 Å². The lowest BCUT2D eigenvalue weighted by Gasteiger charge is -2.49. The van der Waals surface area contributed by atoms with Crippen molar-refractivity contribution in [3.05, 3.63) is 190 Å². The molecule has 5 aromatic carbocycles. The zero-order valence-electron chi connectivity index (χ0n) is 37.7. The van der Waals surface area contributed by atoms with Crippen LogP contribution in [-0.2, 0) is 45.7 Å². The fourth-order valence-electron chi connectivity index (χ4n) is 7.88. The summed E-state index contributed by atoms with van der Waals surface area (Å²) in [5.41, 5.74) is 3.70. The van der Waals surface area contributed by atoms with E-state index in [1.165, 1.54) is 61.1 Å². The molecule has 2 atom stereocenters. The van der Waals surface area contributed by atoms with E-state index in [2.05, 4.69) is 15.8 Å². The van der Waals surface area contributed by atoms with Crippen LogP contribution in [0.2, 0.25) is 0 Å².